The number of Topliss-reactive ketones (excluding diaryl/α,β-unsaturated/α-hetero) is 1. The molecule has 0 radical (unpaired) electrons. The van der Waals surface area contributed by atoms with Crippen LogP contribution in [0.3, 0.4) is 0 Å². The Hall–Kier alpha value is -1.47. The van der Waals surface area contributed by atoms with Crippen molar-refractivity contribution in [1.29, 1.82) is 0 Å². The molecule has 0 unspecified atom stereocenters. The topological polar surface area (TPSA) is 83.8 Å². The molecule has 1 aromatic carbocycles. The molecule has 0 aromatic heterocycles. The summed E-state index contributed by atoms with van der Waals surface area (Å²) in [5.74, 6) is -0.715. The number of carbonyl (C=O) groups is 2. The zero-order chi connectivity index (χ0) is 15.6. The highest BCUT2D eigenvalue weighted by Crippen LogP contribution is 2.37. The van der Waals surface area contributed by atoms with Crippen molar-refractivity contribution in [3.8, 4) is 5.75 Å². The lowest BCUT2D eigenvalue weighted by molar-refractivity contribution is -0.116. The first-order valence-corrected chi connectivity index (χ1v) is 8.04. The Kier molecular flexibility index (Phi) is 4.95. The van der Waals surface area contributed by atoms with E-state index < -0.39 is 13.1 Å². The summed E-state index contributed by atoms with van der Waals surface area (Å²) in [7, 11) is -1.15. The average Bonchev–Trinajstić information content (AvgIpc) is 2.39. The van der Waals surface area contributed by atoms with E-state index in [-0.39, 0.29) is 29.3 Å². The van der Waals surface area contributed by atoms with E-state index >= 15 is 0 Å². The summed E-state index contributed by atoms with van der Waals surface area (Å²) in [4.78, 5) is 23.0. The Bertz CT molecular complexity index is 575. The van der Waals surface area contributed by atoms with Crippen molar-refractivity contribution in [2.75, 3.05) is 12.0 Å². The first-order chi connectivity index (χ1) is 9.93. The van der Waals surface area contributed by atoms with Crippen LogP contribution >= 0.6 is 11.8 Å². The van der Waals surface area contributed by atoms with E-state index in [9.17, 15) is 19.7 Å². The standard InChI is InChI=1S/C14H17BO5S/c1-8-3-4-9-5-10(6-11(16)7-21-2)15(19)20-13(9)12(8)14(17)18/h3-4,10,19H,5-7H2,1-2H3,(H,17,18)/t10-/m1/s1. The van der Waals surface area contributed by atoms with Gasteiger partial charge in [-0.2, -0.15) is 11.8 Å². The maximum Gasteiger partial charge on any atom is 0.526 e. The third kappa shape index (κ3) is 3.41. The zero-order valence-electron chi connectivity index (χ0n) is 12.0. The molecule has 0 fully saturated rings. The summed E-state index contributed by atoms with van der Waals surface area (Å²) in [6.07, 6.45) is 2.53. The Morgan fingerprint density at radius 3 is 2.81 bits per heavy atom. The van der Waals surface area contributed by atoms with Gasteiger partial charge in [-0.05, 0) is 30.7 Å². The number of fused-ring (bicyclic) bond motifs is 1. The van der Waals surface area contributed by atoms with Crippen LogP contribution in [-0.2, 0) is 11.2 Å². The summed E-state index contributed by atoms with van der Waals surface area (Å²) < 4.78 is 5.41. The molecular weight excluding hydrogens is 291 g/mol. The van der Waals surface area contributed by atoms with Crippen LogP contribution in [0.25, 0.3) is 0 Å². The SMILES string of the molecule is CSCC(=O)C[C@H]1Cc2ccc(C)c(C(=O)O)c2OB1O. The molecule has 7 heteroatoms. The maximum absolute atomic E-state index is 11.7. The van der Waals surface area contributed by atoms with Crippen molar-refractivity contribution < 1.29 is 24.4 Å². The molecule has 0 spiro atoms. The normalized spacial score (nSPS) is 17.1. The van der Waals surface area contributed by atoms with E-state index in [1.807, 2.05) is 6.26 Å². The van der Waals surface area contributed by atoms with Gasteiger partial charge in [0, 0.05) is 12.2 Å². The summed E-state index contributed by atoms with van der Waals surface area (Å²) in [5.41, 5.74) is 1.40. The lowest BCUT2D eigenvalue weighted by Gasteiger charge is -2.28. The molecule has 1 heterocycles. The molecule has 0 amide bonds. The molecule has 0 bridgehead atoms. The number of carbonyl (C=O) groups excluding carboxylic acids is 1. The second kappa shape index (κ2) is 6.53. The summed E-state index contributed by atoms with van der Waals surface area (Å²) >= 11 is 1.44. The van der Waals surface area contributed by atoms with Gasteiger partial charge in [-0.3, -0.25) is 4.79 Å². The molecule has 1 aliphatic heterocycles. The van der Waals surface area contributed by atoms with Crippen LogP contribution in [0.4, 0.5) is 0 Å². The predicted molar refractivity (Wildman–Crippen MR) is 82.2 cm³/mol. The third-order valence-electron chi connectivity index (χ3n) is 3.58. The maximum atomic E-state index is 11.7. The van der Waals surface area contributed by atoms with Gasteiger partial charge in [-0.1, -0.05) is 12.1 Å². The summed E-state index contributed by atoms with van der Waals surface area (Å²) in [6, 6.07) is 3.53. The number of carboxylic acids is 1. The fourth-order valence-electron chi connectivity index (χ4n) is 2.57. The number of aromatic carboxylic acids is 1. The van der Waals surface area contributed by atoms with Gasteiger partial charge >= 0.3 is 13.1 Å². The number of benzene rings is 1. The average molecular weight is 308 g/mol. The Morgan fingerprint density at radius 2 is 2.19 bits per heavy atom. The van der Waals surface area contributed by atoms with Crippen LogP contribution in [0.2, 0.25) is 5.82 Å². The second-order valence-corrected chi connectivity index (χ2v) is 6.07. The highest BCUT2D eigenvalue weighted by Gasteiger charge is 2.38. The van der Waals surface area contributed by atoms with Crippen LogP contribution < -0.4 is 4.65 Å². The summed E-state index contributed by atoms with van der Waals surface area (Å²) in [6.45, 7) is 1.69. The van der Waals surface area contributed by atoms with Gasteiger partial charge in [0.25, 0.3) is 0 Å². The molecule has 1 atom stereocenters. The number of hydrogen-bond donors (Lipinski definition) is 2. The highest BCUT2D eigenvalue weighted by molar-refractivity contribution is 7.99. The van der Waals surface area contributed by atoms with E-state index in [0.717, 1.165) is 5.56 Å². The monoisotopic (exact) mass is 308 g/mol. The fourth-order valence-corrected chi connectivity index (χ4v) is 3.01. The van der Waals surface area contributed by atoms with Gasteiger partial charge in [0.05, 0.1) is 5.75 Å². The molecule has 1 aromatic rings. The lowest BCUT2D eigenvalue weighted by atomic mass is 9.64. The largest absolute Gasteiger partial charge is 0.535 e. The minimum absolute atomic E-state index is 0.0594. The molecule has 5 nitrogen and oxygen atoms in total. The van der Waals surface area contributed by atoms with Crippen molar-refractivity contribution in [2.45, 2.75) is 25.6 Å². The van der Waals surface area contributed by atoms with E-state index in [1.54, 1.807) is 19.1 Å². The first kappa shape index (κ1) is 15.9. The van der Waals surface area contributed by atoms with Gasteiger partial charge in [0.1, 0.15) is 17.1 Å². The lowest BCUT2D eigenvalue weighted by Crippen LogP contribution is -2.36. The van der Waals surface area contributed by atoms with Gasteiger partial charge in [-0.15, -0.1) is 0 Å². The van der Waals surface area contributed by atoms with Crippen molar-refractivity contribution in [2.24, 2.45) is 0 Å². The van der Waals surface area contributed by atoms with E-state index in [4.69, 9.17) is 4.65 Å². The number of thioether (sulfide) groups is 1. The van der Waals surface area contributed by atoms with E-state index in [0.29, 0.717) is 17.7 Å². The molecule has 0 saturated heterocycles. The van der Waals surface area contributed by atoms with Crippen molar-refractivity contribution in [1.82, 2.24) is 0 Å². The van der Waals surface area contributed by atoms with Crippen LogP contribution in [0.5, 0.6) is 5.75 Å². The number of carboxylic acid groups (broad SMARTS) is 1. The fraction of sp³-hybridized carbons (Fsp3) is 0.429. The molecular formula is C14H17BO5S. The number of rotatable bonds is 5. The van der Waals surface area contributed by atoms with Crippen LogP contribution in [0.1, 0.15) is 27.9 Å². The molecule has 2 N–H and O–H groups in total. The summed E-state index contributed by atoms with van der Waals surface area (Å²) in [5, 5.41) is 19.3. The molecule has 0 saturated carbocycles. The quantitative estimate of drug-likeness (QED) is 0.807. The molecule has 112 valence electrons. The Balaban J connectivity index is 2.26. The first-order valence-electron chi connectivity index (χ1n) is 6.65. The number of aryl methyl sites for hydroxylation is 1. The van der Waals surface area contributed by atoms with Crippen LogP contribution in [0.15, 0.2) is 12.1 Å². The zero-order valence-corrected chi connectivity index (χ0v) is 12.8. The molecule has 2 rings (SSSR count). The van der Waals surface area contributed by atoms with Crippen molar-refractivity contribution in [3.05, 3.63) is 28.8 Å². The van der Waals surface area contributed by atoms with Gasteiger partial charge in [-0.25, -0.2) is 4.79 Å². The van der Waals surface area contributed by atoms with Crippen molar-refractivity contribution in [3.63, 3.8) is 0 Å². The second-order valence-electron chi connectivity index (χ2n) is 5.20. The molecule has 21 heavy (non-hydrogen) atoms. The van der Waals surface area contributed by atoms with Gasteiger partial charge in [0.2, 0.25) is 0 Å². The Morgan fingerprint density at radius 1 is 1.48 bits per heavy atom. The minimum atomic E-state index is -1.15. The van der Waals surface area contributed by atoms with Gasteiger partial charge in [0.15, 0.2) is 0 Å². The van der Waals surface area contributed by atoms with Crippen LogP contribution in [-0.4, -0.2) is 41.0 Å². The van der Waals surface area contributed by atoms with Crippen LogP contribution in [0, 0.1) is 6.92 Å². The number of ketones is 1. The number of hydrogen-bond acceptors (Lipinski definition) is 5. The molecule has 1 aliphatic rings. The molecule has 0 aliphatic carbocycles. The van der Waals surface area contributed by atoms with E-state index in [2.05, 4.69) is 0 Å². The minimum Gasteiger partial charge on any atom is -0.535 e. The predicted octanol–water partition coefficient (Wildman–Crippen LogP) is 1.80. The van der Waals surface area contributed by atoms with Gasteiger partial charge < -0.3 is 14.8 Å². The van der Waals surface area contributed by atoms with E-state index in [1.165, 1.54) is 11.8 Å². The van der Waals surface area contributed by atoms with Crippen molar-refractivity contribution >= 4 is 30.6 Å². The highest BCUT2D eigenvalue weighted by atomic mass is 32.2. The Labute approximate surface area is 127 Å². The smallest absolute Gasteiger partial charge is 0.526 e. The third-order valence-corrected chi connectivity index (χ3v) is 4.19.